The summed E-state index contributed by atoms with van der Waals surface area (Å²) in [6.07, 6.45) is -0.381. The zero-order valence-electron chi connectivity index (χ0n) is 10.8. The van der Waals surface area contributed by atoms with Gasteiger partial charge in [-0.3, -0.25) is 4.98 Å². The van der Waals surface area contributed by atoms with Crippen LogP contribution < -0.4 is 11.5 Å². The Morgan fingerprint density at radius 3 is 2.25 bits per heavy atom. The van der Waals surface area contributed by atoms with E-state index in [-0.39, 0.29) is 0 Å². The fourth-order valence-electron chi connectivity index (χ4n) is 2.65. The molecule has 1 heterocycles. The number of aliphatic hydroxyl groups is 2. The first-order valence-electron chi connectivity index (χ1n) is 6.52. The third kappa shape index (κ3) is 2.01. The van der Waals surface area contributed by atoms with Gasteiger partial charge in [0.15, 0.2) is 0 Å². The van der Waals surface area contributed by atoms with Gasteiger partial charge in [0, 0.05) is 11.8 Å². The van der Waals surface area contributed by atoms with Crippen LogP contribution in [-0.2, 0) is 0 Å². The molecule has 0 saturated heterocycles. The Hall–Kier alpha value is -1.79. The first-order chi connectivity index (χ1) is 9.59. The topological polar surface area (TPSA) is 105 Å². The van der Waals surface area contributed by atoms with E-state index in [1.807, 2.05) is 36.4 Å². The van der Waals surface area contributed by atoms with Gasteiger partial charge >= 0.3 is 0 Å². The molecule has 0 aliphatic heterocycles. The van der Waals surface area contributed by atoms with Gasteiger partial charge in [-0.05, 0) is 29.3 Å². The summed E-state index contributed by atoms with van der Waals surface area (Å²) in [5.41, 5.74) is 15.2. The SMILES string of the molecule is N[C@@H]1c2ccc(-c3ccccn3)cc2[C@H](N)[C@@H](O)[C@H]1O. The summed E-state index contributed by atoms with van der Waals surface area (Å²) in [4.78, 5) is 4.29. The largest absolute Gasteiger partial charge is 0.388 e. The Morgan fingerprint density at radius 1 is 0.900 bits per heavy atom. The van der Waals surface area contributed by atoms with Crippen LogP contribution in [0.4, 0.5) is 0 Å². The normalized spacial score (nSPS) is 29.0. The van der Waals surface area contributed by atoms with Crippen molar-refractivity contribution >= 4 is 0 Å². The van der Waals surface area contributed by atoms with Crippen LogP contribution >= 0.6 is 0 Å². The monoisotopic (exact) mass is 271 g/mol. The Balaban J connectivity index is 2.09. The van der Waals surface area contributed by atoms with E-state index < -0.39 is 24.3 Å². The number of nitrogens with zero attached hydrogens (tertiary/aromatic N) is 1. The van der Waals surface area contributed by atoms with E-state index in [0.717, 1.165) is 22.4 Å². The zero-order valence-corrected chi connectivity index (χ0v) is 10.8. The lowest BCUT2D eigenvalue weighted by atomic mass is 9.80. The first-order valence-corrected chi connectivity index (χ1v) is 6.52. The Labute approximate surface area is 116 Å². The second-order valence-corrected chi connectivity index (χ2v) is 5.09. The number of benzene rings is 1. The van der Waals surface area contributed by atoms with Crippen molar-refractivity contribution in [2.24, 2.45) is 11.5 Å². The molecule has 1 aliphatic carbocycles. The number of rotatable bonds is 1. The number of hydrogen-bond donors (Lipinski definition) is 4. The lowest BCUT2D eigenvalue weighted by molar-refractivity contribution is -0.0196. The van der Waals surface area contributed by atoms with Gasteiger partial charge in [-0.1, -0.05) is 18.2 Å². The lowest BCUT2D eigenvalue weighted by Crippen LogP contribution is -2.47. The van der Waals surface area contributed by atoms with E-state index in [0.29, 0.717) is 0 Å². The molecule has 4 atom stereocenters. The van der Waals surface area contributed by atoms with E-state index in [2.05, 4.69) is 4.98 Å². The molecule has 104 valence electrons. The van der Waals surface area contributed by atoms with Crippen LogP contribution in [-0.4, -0.2) is 27.4 Å². The molecule has 0 fully saturated rings. The van der Waals surface area contributed by atoms with Gasteiger partial charge in [-0.2, -0.15) is 0 Å². The van der Waals surface area contributed by atoms with Gasteiger partial charge < -0.3 is 21.7 Å². The predicted molar refractivity (Wildman–Crippen MR) is 75.5 cm³/mol. The van der Waals surface area contributed by atoms with Crippen molar-refractivity contribution < 1.29 is 10.2 Å². The van der Waals surface area contributed by atoms with Gasteiger partial charge in [0.25, 0.3) is 0 Å². The second kappa shape index (κ2) is 4.96. The van der Waals surface area contributed by atoms with Crippen molar-refractivity contribution in [1.82, 2.24) is 4.98 Å². The average Bonchev–Trinajstić information content (AvgIpc) is 2.51. The van der Waals surface area contributed by atoms with Crippen LogP contribution in [0, 0.1) is 0 Å². The first kappa shape index (κ1) is 13.2. The number of nitrogens with two attached hydrogens (primary N) is 2. The molecular weight excluding hydrogens is 254 g/mol. The van der Waals surface area contributed by atoms with Gasteiger partial charge in [-0.25, -0.2) is 0 Å². The average molecular weight is 271 g/mol. The zero-order chi connectivity index (χ0) is 14.3. The van der Waals surface area contributed by atoms with Crippen molar-refractivity contribution in [3.8, 4) is 11.3 Å². The highest BCUT2D eigenvalue weighted by Gasteiger charge is 2.37. The molecule has 6 N–H and O–H groups in total. The molecule has 0 spiro atoms. The molecule has 2 aromatic rings. The number of aromatic nitrogens is 1. The second-order valence-electron chi connectivity index (χ2n) is 5.09. The fourth-order valence-corrected chi connectivity index (χ4v) is 2.65. The molecule has 0 unspecified atom stereocenters. The molecule has 1 aliphatic rings. The maximum absolute atomic E-state index is 9.95. The lowest BCUT2D eigenvalue weighted by Gasteiger charge is -2.36. The Kier molecular flexibility index (Phi) is 3.27. The molecule has 3 rings (SSSR count). The number of fused-ring (bicyclic) bond motifs is 1. The van der Waals surface area contributed by atoms with Gasteiger partial charge in [0.1, 0.15) is 12.2 Å². The Morgan fingerprint density at radius 2 is 1.60 bits per heavy atom. The highest BCUT2D eigenvalue weighted by molar-refractivity contribution is 5.62. The summed E-state index contributed by atoms with van der Waals surface area (Å²) in [5.74, 6) is 0. The summed E-state index contributed by atoms with van der Waals surface area (Å²) in [5, 5.41) is 19.8. The van der Waals surface area contributed by atoms with E-state index in [1.54, 1.807) is 6.20 Å². The molecule has 0 bridgehead atoms. The van der Waals surface area contributed by atoms with Crippen molar-refractivity contribution in [2.75, 3.05) is 0 Å². The van der Waals surface area contributed by atoms with E-state index in [1.165, 1.54) is 0 Å². The van der Waals surface area contributed by atoms with Gasteiger partial charge in [-0.15, -0.1) is 0 Å². The third-order valence-electron chi connectivity index (χ3n) is 3.85. The molecule has 0 amide bonds. The maximum Gasteiger partial charge on any atom is 0.101 e. The van der Waals surface area contributed by atoms with E-state index in [4.69, 9.17) is 11.5 Å². The Bertz CT molecular complexity index is 618. The maximum atomic E-state index is 9.95. The molecular formula is C15H17N3O2. The summed E-state index contributed by atoms with van der Waals surface area (Å²) in [6, 6.07) is 10.0. The molecule has 5 nitrogen and oxygen atoms in total. The van der Waals surface area contributed by atoms with Crippen molar-refractivity contribution in [3.63, 3.8) is 0 Å². The van der Waals surface area contributed by atoms with Crippen LogP contribution in [0.15, 0.2) is 42.6 Å². The molecule has 20 heavy (non-hydrogen) atoms. The molecule has 0 radical (unpaired) electrons. The predicted octanol–water partition coefficient (Wildman–Crippen LogP) is 0.484. The van der Waals surface area contributed by atoms with Gasteiger partial charge in [0.05, 0.1) is 17.8 Å². The minimum atomic E-state index is -1.06. The van der Waals surface area contributed by atoms with E-state index in [9.17, 15) is 10.2 Å². The molecule has 0 saturated carbocycles. The smallest absolute Gasteiger partial charge is 0.101 e. The van der Waals surface area contributed by atoms with Crippen molar-refractivity contribution in [1.29, 1.82) is 0 Å². The van der Waals surface area contributed by atoms with Crippen molar-refractivity contribution in [2.45, 2.75) is 24.3 Å². The number of aliphatic hydroxyl groups excluding tert-OH is 2. The van der Waals surface area contributed by atoms with Gasteiger partial charge in [0.2, 0.25) is 0 Å². The fraction of sp³-hybridized carbons (Fsp3) is 0.267. The summed E-state index contributed by atoms with van der Waals surface area (Å²) >= 11 is 0. The molecule has 1 aromatic carbocycles. The van der Waals surface area contributed by atoms with E-state index >= 15 is 0 Å². The summed E-state index contributed by atoms with van der Waals surface area (Å²) in [7, 11) is 0. The third-order valence-corrected chi connectivity index (χ3v) is 3.85. The highest BCUT2D eigenvalue weighted by Crippen LogP contribution is 2.36. The van der Waals surface area contributed by atoms with Crippen LogP contribution in [0.25, 0.3) is 11.3 Å². The van der Waals surface area contributed by atoms with Crippen LogP contribution in [0.3, 0.4) is 0 Å². The number of pyridine rings is 1. The molecule has 5 heteroatoms. The van der Waals surface area contributed by atoms with Crippen molar-refractivity contribution in [3.05, 3.63) is 53.7 Å². The van der Waals surface area contributed by atoms with Crippen LogP contribution in [0.5, 0.6) is 0 Å². The van der Waals surface area contributed by atoms with Crippen LogP contribution in [0.1, 0.15) is 23.2 Å². The minimum Gasteiger partial charge on any atom is -0.388 e. The standard InChI is InChI=1S/C15H17N3O2/c16-12-9-5-4-8(11-3-1-2-6-18-11)7-10(9)13(17)15(20)14(12)19/h1-7,12-15,19-20H,16-17H2/t12-,13+,14+,15-/m1/s1. The molecule has 1 aromatic heterocycles. The van der Waals surface area contributed by atoms with Crippen LogP contribution in [0.2, 0.25) is 0 Å². The number of hydrogen-bond acceptors (Lipinski definition) is 5. The highest BCUT2D eigenvalue weighted by atomic mass is 16.3. The summed E-state index contributed by atoms with van der Waals surface area (Å²) in [6.45, 7) is 0. The summed E-state index contributed by atoms with van der Waals surface area (Å²) < 4.78 is 0. The minimum absolute atomic E-state index is 0.627. The quantitative estimate of drug-likeness (QED) is 0.604.